The van der Waals surface area contributed by atoms with Crippen LogP contribution in [0.1, 0.15) is 84.6 Å². The smallest absolute Gasteiger partial charge is 0.259 e. The Morgan fingerprint density at radius 2 is 1.88 bits per heavy atom. The lowest BCUT2D eigenvalue weighted by molar-refractivity contribution is 0.0697. The molecule has 10 nitrogen and oxygen atoms in total. The molecule has 1 unspecified atom stereocenters. The molecule has 4 aliphatic rings. The van der Waals surface area contributed by atoms with E-state index in [1.807, 2.05) is 11.0 Å². The average Bonchev–Trinajstić information content (AvgIpc) is 3.39. The number of aliphatic hydroxyl groups is 1. The van der Waals surface area contributed by atoms with E-state index in [1.54, 1.807) is 10.7 Å². The van der Waals surface area contributed by atoms with Gasteiger partial charge in [0.15, 0.2) is 11.5 Å². The Morgan fingerprint density at radius 3 is 2.60 bits per heavy atom. The summed E-state index contributed by atoms with van der Waals surface area (Å²) in [5, 5.41) is 17.2. The number of nitrogens with zero attached hydrogens (tertiary/aromatic N) is 5. The highest BCUT2D eigenvalue weighted by molar-refractivity contribution is 6.06. The molecule has 2 amide bonds. The number of benzene rings is 1. The van der Waals surface area contributed by atoms with Crippen molar-refractivity contribution >= 4 is 29.0 Å². The largest absolute Gasteiger partial charge is 0.393 e. The van der Waals surface area contributed by atoms with Crippen molar-refractivity contribution in [2.24, 2.45) is 5.92 Å². The number of aromatic nitrogens is 3. The lowest BCUT2D eigenvalue weighted by Crippen LogP contribution is -2.38. The molecule has 1 aromatic carbocycles. The molecule has 2 aromatic heterocycles. The minimum Gasteiger partial charge on any atom is -0.393 e. The molecule has 2 aliphatic carbocycles. The monoisotopic (exact) mass is 543 g/mol. The molecule has 40 heavy (non-hydrogen) atoms. The van der Waals surface area contributed by atoms with Gasteiger partial charge in [0.05, 0.1) is 23.0 Å². The van der Waals surface area contributed by atoms with Gasteiger partial charge in [-0.15, -0.1) is 5.10 Å². The van der Waals surface area contributed by atoms with Crippen molar-refractivity contribution in [2.45, 2.75) is 83.0 Å². The zero-order valence-corrected chi connectivity index (χ0v) is 23.0. The molecule has 0 spiro atoms. The molecular formula is C30H37N7O3. The molecule has 3 aromatic rings. The van der Waals surface area contributed by atoms with Crippen LogP contribution < -0.4 is 16.0 Å². The molecule has 7 rings (SSSR count). The number of nitrogens with two attached hydrogens (primary N) is 1. The first kappa shape index (κ1) is 25.3. The SMILES string of the molecule is CC(C1CC1)N1Cc2cc(-c3ccn4nc(N)c(C(=O)NC5CCC(O)CC5)c4n3)cc(N3CCCC3)c2C1=O. The normalized spacial score (nSPS) is 23.6. The summed E-state index contributed by atoms with van der Waals surface area (Å²) in [4.78, 5) is 36.3. The fraction of sp³-hybridized carbons (Fsp3) is 0.533. The van der Waals surface area contributed by atoms with Gasteiger partial charge in [-0.1, -0.05) is 0 Å². The maximum absolute atomic E-state index is 13.7. The first-order valence-corrected chi connectivity index (χ1v) is 14.7. The summed E-state index contributed by atoms with van der Waals surface area (Å²) >= 11 is 0. The highest BCUT2D eigenvalue weighted by Crippen LogP contribution is 2.42. The van der Waals surface area contributed by atoms with Crippen LogP contribution in [-0.2, 0) is 6.54 Å². The maximum atomic E-state index is 13.7. The van der Waals surface area contributed by atoms with Crippen molar-refractivity contribution in [3.05, 3.63) is 41.1 Å². The van der Waals surface area contributed by atoms with Crippen molar-refractivity contribution in [3.63, 3.8) is 0 Å². The van der Waals surface area contributed by atoms with Gasteiger partial charge in [0, 0.05) is 43.5 Å². The van der Waals surface area contributed by atoms with E-state index in [0.717, 1.165) is 61.2 Å². The molecule has 0 radical (unpaired) electrons. The first-order chi connectivity index (χ1) is 19.4. The molecule has 2 aliphatic heterocycles. The van der Waals surface area contributed by atoms with Gasteiger partial charge in [-0.2, -0.15) is 0 Å². The topological polar surface area (TPSA) is 129 Å². The second kappa shape index (κ2) is 9.76. The van der Waals surface area contributed by atoms with E-state index >= 15 is 0 Å². The van der Waals surface area contributed by atoms with Crippen LogP contribution in [0.5, 0.6) is 0 Å². The zero-order valence-electron chi connectivity index (χ0n) is 23.0. The summed E-state index contributed by atoms with van der Waals surface area (Å²) in [7, 11) is 0. The summed E-state index contributed by atoms with van der Waals surface area (Å²) in [5.74, 6) is 0.595. The number of carbonyl (C=O) groups is 2. The number of nitrogens with one attached hydrogen (secondary N) is 1. The summed E-state index contributed by atoms with van der Waals surface area (Å²) in [6, 6.07) is 6.32. The summed E-state index contributed by atoms with van der Waals surface area (Å²) in [6.07, 6.45) is 8.94. The number of nitrogen functional groups attached to an aromatic ring is 1. The molecule has 0 bridgehead atoms. The Balaban J connectivity index is 1.25. The Morgan fingerprint density at radius 1 is 1.12 bits per heavy atom. The van der Waals surface area contributed by atoms with Crippen LogP contribution in [-0.4, -0.2) is 67.7 Å². The average molecular weight is 544 g/mol. The van der Waals surface area contributed by atoms with Gasteiger partial charge < -0.3 is 26.0 Å². The Labute approximate surface area is 233 Å². The van der Waals surface area contributed by atoms with E-state index in [9.17, 15) is 14.7 Å². The van der Waals surface area contributed by atoms with Gasteiger partial charge in [-0.25, -0.2) is 9.50 Å². The second-order valence-electron chi connectivity index (χ2n) is 12.1. The van der Waals surface area contributed by atoms with Crippen LogP contribution in [0.4, 0.5) is 11.5 Å². The van der Waals surface area contributed by atoms with Crippen molar-refractivity contribution in [2.75, 3.05) is 23.7 Å². The predicted octanol–water partition coefficient (Wildman–Crippen LogP) is 3.37. The fourth-order valence-corrected chi connectivity index (χ4v) is 6.78. The van der Waals surface area contributed by atoms with Crippen molar-refractivity contribution in [3.8, 4) is 11.3 Å². The van der Waals surface area contributed by atoms with Gasteiger partial charge in [0.1, 0.15) is 5.56 Å². The summed E-state index contributed by atoms with van der Waals surface area (Å²) in [5.41, 5.74) is 11.4. The van der Waals surface area contributed by atoms with E-state index in [1.165, 1.54) is 12.8 Å². The molecule has 210 valence electrons. The lowest BCUT2D eigenvalue weighted by Gasteiger charge is -2.26. The predicted molar refractivity (Wildman–Crippen MR) is 152 cm³/mol. The van der Waals surface area contributed by atoms with Crippen LogP contribution in [0.3, 0.4) is 0 Å². The summed E-state index contributed by atoms with van der Waals surface area (Å²) < 4.78 is 1.55. The molecule has 2 saturated carbocycles. The van der Waals surface area contributed by atoms with Gasteiger partial charge in [-0.3, -0.25) is 9.59 Å². The number of fused-ring (bicyclic) bond motifs is 2. The van der Waals surface area contributed by atoms with Crippen LogP contribution in [0.25, 0.3) is 16.9 Å². The van der Waals surface area contributed by atoms with Gasteiger partial charge >= 0.3 is 0 Å². The second-order valence-corrected chi connectivity index (χ2v) is 12.1. The standard InChI is InChI=1S/C30H37N7O3/c1-17(18-4-5-18)36-16-20-14-19(15-24(25(20)30(36)40)35-11-2-3-12-35)23-10-13-37-28(33-23)26(27(31)34-37)29(39)32-21-6-8-22(38)9-7-21/h10,13-15,17-18,21-22,38H,2-9,11-12,16H2,1H3,(H2,31,34)(H,32,39). The third kappa shape index (κ3) is 4.38. The molecule has 4 N–H and O–H groups in total. The number of rotatable bonds is 6. The zero-order chi connectivity index (χ0) is 27.5. The fourth-order valence-electron chi connectivity index (χ4n) is 6.78. The van der Waals surface area contributed by atoms with Crippen molar-refractivity contribution < 1.29 is 14.7 Å². The van der Waals surface area contributed by atoms with Gasteiger partial charge in [0.25, 0.3) is 11.8 Å². The molecule has 1 saturated heterocycles. The Kier molecular flexibility index (Phi) is 6.18. The molecule has 4 heterocycles. The Hall–Kier alpha value is -3.66. The minimum absolute atomic E-state index is 0.00771. The highest BCUT2D eigenvalue weighted by Gasteiger charge is 2.40. The van der Waals surface area contributed by atoms with Crippen LogP contribution in [0.2, 0.25) is 0 Å². The molecule has 1 atom stereocenters. The van der Waals surface area contributed by atoms with E-state index in [0.29, 0.717) is 36.6 Å². The number of carbonyl (C=O) groups excluding carboxylic acids is 2. The number of hydrogen-bond donors (Lipinski definition) is 3. The Bertz CT molecular complexity index is 1480. The van der Waals surface area contributed by atoms with Crippen LogP contribution in [0, 0.1) is 5.92 Å². The maximum Gasteiger partial charge on any atom is 0.259 e. The molecule has 3 fully saturated rings. The lowest BCUT2D eigenvalue weighted by atomic mass is 9.93. The summed E-state index contributed by atoms with van der Waals surface area (Å²) in [6.45, 7) is 4.68. The van der Waals surface area contributed by atoms with Crippen molar-refractivity contribution in [1.82, 2.24) is 24.8 Å². The van der Waals surface area contributed by atoms with E-state index in [2.05, 4.69) is 34.4 Å². The number of amides is 2. The first-order valence-electron chi connectivity index (χ1n) is 14.7. The highest BCUT2D eigenvalue weighted by atomic mass is 16.3. The van der Waals surface area contributed by atoms with Crippen molar-refractivity contribution in [1.29, 1.82) is 0 Å². The third-order valence-corrected chi connectivity index (χ3v) is 9.32. The van der Waals surface area contributed by atoms with Gasteiger partial charge in [0.2, 0.25) is 0 Å². The van der Waals surface area contributed by atoms with Crippen LogP contribution >= 0.6 is 0 Å². The molecule has 10 heteroatoms. The van der Waals surface area contributed by atoms with Crippen LogP contribution in [0.15, 0.2) is 24.4 Å². The third-order valence-electron chi connectivity index (χ3n) is 9.32. The number of aliphatic hydroxyl groups excluding tert-OH is 1. The number of anilines is 2. The quantitative estimate of drug-likeness (QED) is 0.435. The van der Waals surface area contributed by atoms with Gasteiger partial charge in [-0.05, 0) is 88.0 Å². The van der Waals surface area contributed by atoms with E-state index in [-0.39, 0.29) is 41.4 Å². The molecular weight excluding hydrogens is 506 g/mol. The van der Waals surface area contributed by atoms with E-state index < -0.39 is 0 Å². The number of hydrogen-bond acceptors (Lipinski definition) is 7. The van der Waals surface area contributed by atoms with E-state index in [4.69, 9.17) is 10.7 Å². The minimum atomic E-state index is -0.295.